The molecule has 2 aromatic rings. The van der Waals surface area contributed by atoms with Gasteiger partial charge in [-0.2, -0.15) is 10.2 Å². The van der Waals surface area contributed by atoms with E-state index in [9.17, 15) is 4.79 Å². The summed E-state index contributed by atoms with van der Waals surface area (Å²) in [6, 6.07) is 5.92. The minimum atomic E-state index is 0.164. The molecule has 8 heteroatoms. The Kier molecular flexibility index (Phi) is 6.14. The maximum atomic E-state index is 12.5. The molecule has 1 amide bonds. The number of amides is 1. The Balaban J connectivity index is 1.44. The van der Waals surface area contributed by atoms with E-state index in [1.165, 1.54) is 0 Å². The number of hydrogen-bond donors (Lipinski definition) is 0. The third-order valence-corrected chi connectivity index (χ3v) is 4.73. The SMILES string of the molecule is Cc1nc(CCCC(=O)N2CCN(Cc3ccc(C#N)cn3)CC2C)no1. The lowest BCUT2D eigenvalue weighted by Gasteiger charge is -2.39. The third-order valence-electron chi connectivity index (χ3n) is 4.73. The van der Waals surface area contributed by atoms with E-state index in [0.717, 1.165) is 38.3 Å². The van der Waals surface area contributed by atoms with Crippen LogP contribution in [0.3, 0.4) is 0 Å². The number of aryl methyl sites for hydroxylation is 2. The topological polar surface area (TPSA) is 99.2 Å². The van der Waals surface area contributed by atoms with Gasteiger partial charge in [-0.3, -0.25) is 14.7 Å². The van der Waals surface area contributed by atoms with Crippen molar-refractivity contribution in [2.24, 2.45) is 0 Å². The Bertz CT molecular complexity index is 810. The highest BCUT2D eigenvalue weighted by Crippen LogP contribution is 2.15. The summed E-state index contributed by atoms with van der Waals surface area (Å²) in [4.78, 5) is 25.3. The van der Waals surface area contributed by atoms with Crippen molar-refractivity contribution >= 4 is 5.91 Å². The maximum Gasteiger partial charge on any atom is 0.223 e. The lowest BCUT2D eigenvalue weighted by molar-refractivity contribution is -0.135. The second-order valence-corrected chi connectivity index (χ2v) is 6.90. The minimum absolute atomic E-state index is 0.164. The number of hydrogen-bond acceptors (Lipinski definition) is 7. The van der Waals surface area contributed by atoms with Crippen LogP contribution in [0, 0.1) is 18.3 Å². The van der Waals surface area contributed by atoms with Crippen molar-refractivity contribution in [2.75, 3.05) is 19.6 Å². The Hall–Kier alpha value is -2.79. The van der Waals surface area contributed by atoms with Gasteiger partial charge in [-0.05, 0) is 25.5 Å². The molecule has 0 radical (unpaired) electrons. The van der Waals surface area contributed by atoms with Crippen molar-refractivity contribution in [3.8, 4) is 6.07 Å². The van der Waals surface area contributed by atoms with Gasteiger partial charge in [0.1, 0.15) is 6.07 Å². The fraction of sp³-hybridized carbons (Fsp3) is 0.526. The normalized spacial score (nSPS) is 17.7. The summed E-state index contributed by atoms with van der Waals surface area (Å²) in [5, 5.41) is 12.7. The van der Waals surface area contributed by atoms with Gasteiger partial charge >= 0.3 is 0 Å². The van der Waals surface area contributed by atoms with Gasteiger partial charge in [-0.1, -0.05) is 5.16 Å². The molecule has 0 spiro atoms. The van der Waals surface area contributed by atoms with Crippen molar-refractivity contribution in [2.45, 2.75) is 45.7 Å². The lowest BCUT2D eigenvalue weighted by atomic mass is 10.1. The van der Waals surface area contributed by atoms with Crippen molar-refractivity contribution in [3.05, 3.63) is 41.3 Å². The van der Waals surface area contributed by atoms with E-state index in [0.29, 0.717) is 30.1 Å². The molecule has 1 aliphatic rings. The van der Waals surface area contributed by atoms with Crippen LogP contribution in [0.4, 0.5) is 0 Å². The molecule has 0 N–H and O–H groups in total. The summed E-state index contributed by atoms with van der Waals surface area (Å²) in [6.07, 6.45) is 3.47. The van der Waals surface area contributed by atoms with Crippen molar-refractivity contribution in [3.63, 3.8) is 0 Å². The fourth-order valence-electron chi connectivity index (χ4n) is 3.34. The largest absolute Gasteiger partial charge is 0.340 e. The van der Waals surface area contributed by atoms with E-state index in [1.54, 1.807) is 19.2 Å². The average molecular weight is 368 g/mol. The second-order valence-electron chi connectivity index (χ2n) is 6.90. The van der Waals surface area contributed by atoms with Crippen LogP contribution in [0.15, 0.2) is 22.9 Å². The van der Waals surface area contributed by atoms with Crippen LogP contribution < -0.4 is 0 Å². The Morgan fingerprint density at radius 1 is 1.41 bits per heavy atom. The number of piperazine rings is 1. The monoisotopic (exact) mass is 368 g/mol. The number of rotatable bonds is 6. The van der Waals surface area contributed by atoms with Crippen molar-refractivity contribution < 1.29 is 9.32 Å². The maximum absolute atomic E-state index is 12.5. The molecule has 1 saturated heterocycles. The molecule has 0 aliphatic carbocycles. The number of carbonyl (C=O) groups is 1. The van der Waals surface area contributed by atoms with Crippen LogP contribution in [0.25, 0.3) is 0 Å². The highest BCUT2D eigenvalue weighted by atomic mass is 16.5. The molecule has 0 aromatic carbocycles. The van der Waals surface area contributed by atoms with E-state index < -0.39 is 0 Å². The molecular formula is C19H24N6O2. The average Bonchev–Trinajstić information content (AvgIpc) is 3.07. The molecule has 0 saturated carbocycles. The molecule has 0 bridgehead atoms. The minimum Gasteiger partial charge on any atom is -0.340 e. The number of carbonyl (C=O) groups excluding carboxylic acids is 1. The lowest BCUT2D eigenvalue weighted by Crippen LogP contribution is -2.53. The van der Waals surface area contributed by atoms with Gasteiger partial charge in [0.2, 0.25) is 11.8 Å². The highest BCUT2D eigenvalue weighted by Gasteiger charge is 2.27. The van der Waals surface area contributed by atoms with E-state index in [4.69, 9.17) is 9.78 Å². The third kappa shape index (κ3) is 5.11. The predicted octanol–water partition coefficient (Wildman–Crippen LogP) is 1.70. The first-order chi connectivity index (χ1) is 13.0. The highest BCUT2D eigenvalue weighted by molar-refractivity contribution is 5.76. The summed E-state index contributed by atoms with van der Waals surface area (Å²) >= 11 is 0. The molecule has 1 atom stereocenters. The van der Waals surface area contributed by atoms with Gasteiger partial charge in [-0.15, -0.1) is 0 Å². The van der Waals surface area contributed by atoms with Crippen molar-refractivity contribution in [1.29, 1.82) is 5.26 Å². The zero-order valence-corrected chi connectivity index (χ0v) is 15.8. The van der Waals surface area contributed by atoms with Gasteiger partial charge in [0, 0.05) is 58.2 Å². The van der Waals surface area contributed by atoms with Crippen LogP contribution in [0.2, 0.25) is 0 Å². The first-order valence-corrected chi connectivity index (χ1v) is 9.21. The number of aromatic nitrogens is 3. The predicted molar refractivity (Wildman–Crippen MR) is 97.4 cm³/mol. The van der Waals surface area contributed by atoms with Crippen LogP contribution in [-0.4, -0.2) is 56.5 Å². The standard InChI is InChI=1S/C19H24N6O2/c1-14-12-24(13-17-7-6-16(10-20)11-21-17)8-9-25(14)19(26)5-3-4-18-22-15(2)27-23-18/h6-7,11,14H,3-5,8-9,12-13H2,1-2H3. The first kappa shape index (κ1) is 19.0. The number of pyridine rings is 1. The Morgan fingerprint density at radius 2 is 2.26 bits per heavy atom. The van der Waals surface area contributed by atoms with Crippen LogP contribution in [0.1, 0.15) is 42.7 Å². The Labute approximate surface area is 158 Å². The summed E-state index contributed by atoms with van der Waals surface area (Å²) < 4.78 is 4.95. The molecule has 3 rings (SSSR count). The molecule has 8 nitrogen and oxygen atoms in total. The quantitative estimate of drug-likeness (QED) is 0.765. The zero-order valence-electron chi connectivity index (χ0n) is 15.8. The molecule has 1 fully saturated rings. The molecule has 27 heavy (non-hydrogen) atoms. The van der Waals surface area contributed by atoms with E-state index in [-0.39, 0.29) is 11.9 Å². The van der Waals surface area contributed by atoms with E-state index >= 15 is 0 Å². The van der Waals surface area contributed by atoms with Gasteiger partial charge in [0.15, 0.2) is 5.82 Å². The summed E-state index contributed by atoms with van der Waals surface area (Å²) in [6.45, 7) is 6.93. The van der Waals surface area contributed by atoms with Gasteiger partial charge < -0.3 is 9.42 Å². The van der Waals surface area contributed by atoms with Crippen LogP contribution >= 0.6 is 0 Å². The van der Waals surface area contributed by atoms with E-state index in [2.05, 4.69) is 33.0 Å². The zero-order chi connectivity index (χ0) is 19.2. The smallest absolute Gasteiger partial charge is 0.223 e. The van der Waals surface area contributed by atoms with E-state index in [1.807, 2.05) is 11.0 Å². The number of nitriles is 1. The van der Waals surface area contributed by atoms with Gasteiger partial charge in [0.05, 0.1) is 11.3 Å². The summed E-state index contributed by atoms with van der Waals surface area (Å²) in [7, 11) is 0. The number of nitrogens with zero attached hydrogens (tertiary/aromatic N) is 6. The molecule has 1 unspecified atom stereocenters. The van der Waals surface area contributed by atoms with Gasteiger partial charge in [-0.25, -0.2) is 0 Å². The molecule has 142 valence electrons. The van der Waals surface area contributed by atoms with Crippen LogP contribution in [0.5, 0.6) is 0 Å². The summed E-state index contributed by atoms with van der Waals surface area (Å²) in [5.74, 6) is 1.39. The second kappa shape index (κ2) is 8.73. The molecular weight excluding hydrogens is 344 g/mol. The molecule has 3 heterocycles. The first-order valence-electron chi connectivity index (χ1n) is 9.21. The van der Waals surface area contributed by atoms with Crippen molar-refractivity contribution in [1.82, 2.24) is 24.9 Å². The van der Waals surface area contributed by atoms with Crippen LogP contribution in [-0.2, 0) is 17.8 Å². The molecule has 1 aliphatic heterocycles. The fourth-order valence-corrected chi connectivity index (χ4v) is 3.34. The van der Waals surface area contributed by atoms with Gasteiger partial charge in [0.25, 0.3) is 0 Å². The molecule has 2 aromatic heterocycles. The summed E-state index contributed by atoms with van der Waals surface area (Å²) in [5.41, 5.74) is 1.51. The Morgan fingerprint density at radius 3 is 2.89 bits per heavy atom.